The van der Waals surface area contributed by atoms with E-state index in [2.05, 4.69) is 22.8 Å². The summed E-state index contributed by atoms with van der Waals surface area (Å²) in [5.74, 6) is 1.57. The van der Waals surface area contributed by atoms with Gasteiger partial charge in [-0.25, -0.2) is 0 Å². The number of fused-ring (bicyclic) bond motifs is 1. The number of anilines is 1. The highest BCUT2D eigenvalue weighted by Gasteiger charge is 2.21. The minimum Gasteiger partial charge on any atom is -0.482 e. The fourth-order valence-corrected chi connectivity index (χ4v) is 2.49. The van der Waals surface area contributed by atoms with Gasteiger partial charge in [0.05, 0.1) is 12.8 Å². The van der Waals surface area contributed by atoms with Gasteiger partial charge >= 0.3 is 0 Å². The van der Waals surface area contributed by atoms with Crippen LogP contribution in [0.5, 0.6) is 5.75 Å². The second-order valence-electron chi connectivity index (χ2n) is 3.52. The van der Waals surface area contributed by atoms with Crippen LogP contribution in [0.3, 0.4) is 0 Å². The topological polar surface area (TPSA) is 34.4 Å². The third kappa shape index (κ3) is 1.72. The van der Waals surface area contributed by atoms with Gasteiger partial charge in [0.1, 0.15) is 6.10 Å². The average Bonchev–Trinajstić information content (AvgIpc) is 2.87. The maximum atomic E-state index is 5.80. The average molecular weight is 221 g/mol. The monoisotopic (exact) mass is 221 g/mol. The summed E-state index contributed by atoms with van der Waals surface area (Å²) in [6.07, 6.45) is 2.80. The molecule has 1 aliphatic rings. The molecule has 3 nitrogen and oxygen atoms in total. The second-order valence-corrected chi connectivity index (χ2v) is 4.55. The third-order valence-electron chi connectivity index (χ3n) is 2.42. The number of thiophene rings is 1. The largest absolute Gasteiger partial charge is 0.482 e. The lowest BCUT2D eigenvalue weighted by molar-refractivity contribution is 0.203. The first kappa shape index (κ1) is 8.85. The molecule has 15 heavy (non-hydrogen) atoms. The molecule has 2 aromatic rings. The Morgan fingerprint density at radius 3 is 3.33 bits per heavy atom. The number of ether oxygens (including phenoxy) is 1. The Morgan fingerprint density at radius 1 is 1.47 bits per heavy atom. The summed E-state index contributed by atoms with van der Waals surface area (Å²) in [7, 11) is 0. The fraction of sp³-hybridized carbons (Fsp3) is 0.273. The Kier molecular flexibility index (Phi) is 2.14. The molecule has 78 valence electrons. The van der Waals surface area contributed by atoms with Gasteiger partial charge in [0.25, 0.3) is 0 Å². The van der Waals surface area contributed by atoms with Gasteiger partial charge in [-0.2, -0.15) is 0 Å². The van der Waals surface area contributed by atoms with Crippen molar-refractivity contribution in [2.75, 3.05) is 11.9 Å². The van der Waals surface area contributed by atoms with Crippen molar-refractivity contribution in [2.45, 2.75) is 12.5 Å². The molecule has 0 bridgehead atoms. The van der Waals surface area contributed by atoms with Crippen LogP contribution in [-0.2, 0) is 6.42 Å². The molecule has 0 aliphatic carbocycles. The first-order valence-electron chi connectivity index (χ1n) is 4.92. The van der Waals surface area contributed by atoms with Gasteiger partial charge in [-0.1, -0.05) is 6.07 Å². The Hall–Kier alpha value is -1.42. The van der Waals surface area contributed by atoms with Crippen molar-refractivity contribution in [3.8, 4) is 5.75 Å². The van der Waals surface area contributed by atoms with Crippen LogP contribution in [0.2, 0.25) is 0 Å². The van der Waals surface area contributed by atoms with Gasteiger partial charge in [0.2, 0.25) is 5.88 Å². The van der Waals surface area contributed by atoms with E-state index in [1.54, 1.807) is 17.6 Å². The molecule has 3 rings (SSSR count). The lowest BCUT2D eigenvalue weighted by Gasteiger charge is -2.23. The van der Waals surface area contributed by atoms with Crippen molar-refractivity contribution >= 4 is 17.2 Å². The first-order chi connectivity index (χ1) is 7.42. The lowest BCUT2D eigenvalue weighted by atomic mass is 10.2. The van der Waals surface area contributed by atoms with Gasteiger partial charge in [0, 0.05) is 17.4 Å². The minimum absolute atomic E-state index is 0.203. The summed E-state index contributed by atoms with van der Waals surface area (Å²) in [5.41, 5.74) is 0. The van der Waals surface area contributed by atoms with Crippen molar-refractivity contribution in [1.29, 1.82) is 0 Å². The van der Waals surface area contributed by atoms with E-state index in [4.69, 9.17) is 9.15 Å². The molecular formula is C11H11NO2S. The van der Waals surface area contributed by atoms with Crippen molar-refractivity contribution < 1.29 is 9.15 Å². The van der Waals surface area contributed by atoms with Gasteiger partial charge in [0.15, 0.2) is 5.75 Å². The van der Waals surface area contributed by atoms with Crippen molar-refractivity contribution in [3.63, 3.8) is 0 Å². The SMILES string of the molecule is c1csc(CC2CNc3occc3O2)c1. The molecule has 0 aromatic carbocycles. The number of hydrogen-bond donors (Lipinski definition) is 1. The van der Waals surface area contributed by atoms with E-state index in [0.29, 0.717) is 0 Å². The molecule has 1 atom stereocenters. The van der Waals surface area contributed by atoms with Gasteiger partial charge in [-0.05, 0) is 11.4 Å². The Bertz CT molecular complexity index is 435. The maximum Gasteiger partial charge on any atom is 0.235 e. The Morgan fingerprint density at radius 2 is 2.47 bits per heavy atom. The van der Waals surface area contributed by atoms with Crippen LogP contribution in [-0.4, -0.2) is 12.6 Å². The Balaban J connectivity index is 1.71. The Labute approximate surface area is 91.7 Å². The molecule has 4 heteroatoms. The first-order valence-corrected chi connectivity index (χ1v) is 5.80. The number of rotatable bonds is 2. The highest BCUT2D eigenvalue weighted by atomic mass is 32.1. The summed E-state index contributed by atoms with van der Waals surface area (Å²) >= 11 is 1.77. The van der Waals surface area contributed by atoms with Crippen LogP contribution in [0.1, 0.15) is 4.88 Å². The standard InChI is InChI=1S/C11H11NO2S/c1-2-9(15-5-1)6-8-7-12-11-10(14-8)3-4-13-11/h1-5,8,12H,6-7H2. The van der Waals surface area contributed by atoms with E-state index in [1.807, 2.05) is 6.07 Å². The quantitative estimate of drug-likeness (QED) is 0.846. The zero-order valence-electron chi connectivity index (χ0n) is 8.10. The van der Waals surface area contributed by atoms with Crippen LogP contribution >= 0.6 is 11.3 Å². The predicted molar refractivity (Wildman–Crippen MR) is 59.6 cm³/mol. The maximum absolute atomic E-state index is 5.80. The van der Waals surface area contributed by atoms with E-state index in [0.717, 1.165) is 24.6 Å². The summed E-state index contributed by atoms with van der Waals surface area (Å²) in [6, 6.07) is 6.06. The third-order valence-corrected chi connectivity index (χ3v) is 3.32. The summed E-state index contributed by atoms with van der Waals surface area (Å²) < 4.78 is 11.0. The molecule has 0 amide bonds. The minimum atomic E-state index is 0.203. The summed E-state index contributed by atoms with van der Waals surface area (Å²) in [4.78, 5) is 1.36. The number of hydrogen-bond acceptors (Lipinski definition) is 4. The molecule has 0 saturated carbocycles. The molecule has 0 fully saturated rings. The van der Waals surface area contributed by atoms with Gasteiger partial charge in [-0.3, -0.25) is 0 Å². The number of nitrogens with one attached hydrogen (secondary N) is 1. The van der Waals surface area contributed by atoms with Crippen LogP contribution < -0.4 is 10.1 Å². The number of furan rings is 1. The molecular weight excluding hydrogens is 210 g/mol. The molecule has 3 heterocycles. The van der Waals surface area contributed by atoms with Crippen molar-refractivity contribution in [2.24, 2.45) is 0 Å². The highest BCUT2D eigenvalue weighted by Crippen LogP contribution is 2.30. The van der Waals surface area contributed by atoms with Crippen LogP contribution in [0.25, 0.3) is 0 Å². The second kappa shape index (κ2) is 3.62. The lowest BCUT2D eigenvalue weighted by Crippen LogP contribution is -2.31. The highest BCUT2D eigenvalue weighted by molar-refractivity contribution is 7.09. The van der Waals surface area contributed by atoms with E-state index in [-0.39, 0.29) is 6.10 Å². The van der Waals surface area contributed by atoms with Crippen LogP contribution in [0.15, 0.2) is 34.3 Å². The smallest absolute Gasteiger partial charge is 0.235 e. The normalized spacial score (nSPS) is 19.1. The van der Waals surface area contributed by atoms with Gasteiger partial charge in [-0.15, -0.1) is 11.3 Å². The molecule has 0 spiro atoms. The molecule has 1 N–H and O–H groups in total. The predicted octanol–water partition coefficient (Wildman–Crippen LogP) is 2.76. The van der Waals surface area contributed by atoms with E-state index in [1.165, 1.54) is 4.88 Å². The van der Waals surface area contributed by atoms with Crippen LogP contribution in [0.4, 0.5) is 5.88 Å². The summed E-state index contributed by atoms with van der Waals surface area (Å²) in [6.45, 7) is 0.804. The molecule has 1 aliphatic heterocycles. The van der Waals surface area contributed by atoms with Crippen molar-refractivity contribution in [1.82, 2.24) is 0 Å². The molecule has 1 unspecified atom stereocenters. The molecule has 0 radical (unpaired) electrons. The van der Waals surface area contributed by atoms with E-state index >= 15 is 0 Å². The van der Waals surface area contributed by atoms with Gasteiger partial charge < -0.3 is 14.5 Å². The zero-order valence-corrected chi connectivity index (χ0v) is 8.92. The van der Waals surface area contributed by atoms with Crippen molar-refractivity contribution in [3.05, 3.63) is 34.7 Å². The van der Waals surface area contributed by atoms with E-state index in [9.17, 15) is 0 Å². The van der Waals surface area contributed by atoms with E-state index < -0.39 is 0 Å². The summed E-state index contributed by atoms with van der Waals surface area (Å²) in [5, 5.41) is 5.31. The zero-order chi connectivity index (χ0) is 10.1. The molecule has 2 aromatic heterocycles. The van der Waals surface area contributed by atoms with Crippen LogP contribution in [0, 0.1) is 0 Å². The molecule has 0 saturated heterocycles. The fourth-order valence-electron chi connectivity index (χ4n) is 1.71.